The predicted octanol–water partition coefficient (Wildman–Crippen LogP) is 3.60. The number of hydrogen-bond donors (Lipinski definition) is 1. The van der Waals surface area contributed by atoms with Crippen molar-refractivity contribution in [2.45, 2.75) is 44.1 Å². The lowest BCUT2D eigenvalue weighted by Gasteiger charge is -2.25. The third-order valence-corrected chi connectivity index (χ3v) is 3.74. The molecule has 1 aromatic rings. The van der Waals surface area contributed by atoms with Gasteiger partial charge >= 0.3 is 0 Å². The third kappa shape index (κ3) is 2.83. The van der Waals surface area contributed by atoms with Crippen molar-refractivity contribution in [1.82, 2.24) is 5.32 Å². The van der Waals surface area contributed by atoms with Crippen LogP contribution in [0.15, 0.2) is 18.2 Å². The van der Waals surface area contributed by atoms with Crippen molar-refractivity contribution in [3.8, 4) is 0 Å². The first kappa shape index (κ1) is 12.5. The Morgan fingerprint density at radius 1 is 1.12 bits per heavy atom. The molecule has 3 heteroatoms. The zero-order chi connectivity index (χ0) is 12.3. The molecule has 1 aliphatic carbocycles. The van der Waals surface area contributed by atoms with Crippen LogP contribution in [-0.2, 0) is 0 Å². The van der Waals surface area contributed by atoms with E-state index in [1.165, 1.54) is 31.0 Å². The monoisotopic (exact) mass is 239 g/mol. The normalized spacial score (nSPS) is 25.6. The maximum Gasteiger partial charge on any atom is 0.126 e. The number of benzene rings is 1. The van der Waals surface area contributed by atoms with E-state index < -0.39 is 0 Å². The van der Waals surface area contributed by atoms with Crippen LogP contribution in [0, 0.1) is 11.6 Å². The molecular weight excluding hydrogens is 220 g/mol. The third-order valence-electron chi connectivity index (χ3n) is 3.74. The lowest BCUT2D eigenvalue weighted by Crippen LogP contribution is -2.31. The van der Waals surface area contributed by atoms with Crippen LogP contribution in [0.25, 0.3) is 0 Å². The van der Waals surface area contributed by atoms with Crippen molar-refractivity contribution >= 4 is 0 Å². The summed E-state index contributed by atoms with van der Waals surface area (Å²) < 4.78 is 27.0. The summed E-state index contributed by atoms with van der Waals surface area (Å²) in [7, 11) is 1.90. The quantitative estimate of drug-likeness (QED) is 0.777. The zero-order valence-electron chi connectivity index (χ0n) is 10.2. The van der Waals surface area contributed by atoms with E-state index in [1.54, 1.807) is 0 Å². The minimum atomic E-state index is -0.347. The van der Waals surface area contributed by atoms with Crippen molar-refractivity contribution in [1.29, 1.82) is 0 Å². The van der Waals surface area contributed by atoms with Gasteiger partial charge in [-0.1, -0.05) is 19.3 Å². The fourth-order valence-corrected chi connectivity index (χ4v) is 2.82. The fourth-order valence-electron chi connectivity index (χ4n) is 2.82. The Morgan fingerprint density at radius 3 is 2.65 bits per heavy atom. The molecule has 2 rings (SSSR count). The van der Waals surface area contributed by atoms with Gasteiger partial charge in [0.1, 0.15) is 11.6 Å². The Hall–Kier alpha value is -0.960. The maximum absolute atomic E-state index is 13.8. The molecule has 0 bridgehead atoms. The summed E-state index contributed by atoms with van der Waals surface area (Å²) in [6, 6.07) is 4.04. The molecule has 1 N–H and O–H groups in total. The minimum absolute atomic E-state index is 0.0956. The van der Waals surface area contributed by atoms with Crippen LogP contribution in [0.3, 0.4) is 0 Å². The average molecular weight is 239 g/mol. The molecule has 1 saturated carbocycles. The van der Waals surface area contributed by atoms with Crippen LogP contribution >= 0.6 is 0 Å². The van der Waals surface area contributed by atoms with Crippen LogP contribution in [0.5, 0.6) is 0 Å². The molecule has 2 atom stereocenters. The molecule has 17 heavy (non-hydrogen) atoms. The number of hydrogen-bond acceptors (Lipinski definition) is 1. The smallest absolute Gasteiger partial charge is 0.126 e. The zero-order valence-corrected chi connectivity index (χ0v) is 10.2. The highest BCUT2D eigenvalue weighted by molar-refractivity contribution is 5.24. The summed E-state index contributed by atoms with van der Waals surface area (Å²) in [5.41, 5.74) is 0.534. The molecule has 0 heterocycles. The average Bonchev–Trinajstić information content (AvgIpc) is 2.57. The lowest BCUT2D eigenvalue weighted by atomic mass is 9.87. The van der Waals surface area contributed by atoms with Crippen molar-refractivity contribution in [2.24, 2.45) is 0 Å². The van der Waals surface area contributed by atoms with Crippen molar-refractivity contribution in [3.63, 3.8) is 0 Å². The van der Waals surface area contributed by atoms with E-state index in [1.807, 2.05) is 7.05 Å². The summed E-state index contributed by atoms with van der Waals surface area (Å²) in [4.78, 5) is 0. The molecule has 0 spiro atoms. The molecule has 0 aliphatic heterocycles. The maximum atomic E-state index is 13.8. The van der Waals surface area contributed by atoms with Gasteiger partial charge in [-0.2, -0.15) is 0 Å². The molecular formula is C14H19F2N. The van der Waals surface area contributed by atoms with Gasteiger partial charge in [0.05, 0.1) is 0 Å². The summed E-state index contributed by atoms with van der Waals surface area (Å²) in [6.07, 6.45) is 5.42. The van der Waals surface area contributed by atoms with Gasteiger partial charge in [-0.25, -0.2) is 8.78 Å². The van der Waals surface area contributed by atoms with E-state index in [2.05, 4.69) is 5.32 Å². The van der Waals surface area contributed by atoms with Crippen LogP contribution in [0.1, 0.15) is 43.6 Å². The largest absolute Gasteiger partial charge is 0.316 e. The second-order valence-corrected chi connectivity index (χ2v) is 4.81. The first-order valence-electron chi connectivity index (χ1n) is 6.34. The van der Waals surface area contributed by atoms with E-state index >= 15 is 0 Å². The Balaban J connectivity index is 2.31. The van der Waals surface area contributed by atoms with Crippen molar-refractivity contribution in [3.05, 3.63) is 35.4 Å². The topological polar surface area (TPSA) is 12.0 Å². The number of likely N-dealkylation sites (N-methyl/N-ethyl adjacent to an activating group) is 1. The molecule has 0 radical (unpaired) electrons. The van der Waals surface area contributed by atoms with Gasteiger partial charge in [-0.3, -0.25) is 0 Å². The van der Waals surface area contributed by atoms with Gasteiger partial charge in [-0.15, -0.1) is 0 Å². The Morgan fingerprint density at radius 2 is 1.88 bits per heavy atom. The summed E-state index contributed by atoms with van der Waals surface area (Å²) >= 11 is 0. The van der Waals surface area contributed by atoms with Crippen LogP contribution in [0.4, 0.5) is 8.78 Å². The summed E-state index contributed by atoms with van der Waals surface area (Å²) in [6.45, 7) is 0. The van der Waals surface area contributed by atoms with E-state index in [-0.39, 0.29) is 23.6 Å². The number of nitrogens with one attached hydrogen (secondary N) is 1. The van der Waals surface area contributed by atoms with E-state index in [0.717, 1.165) is 19.3 Å². The van der Waals surface area contributed by atoms with E-state index in [0.29, 0.717) is 5.56 Å². The van der Waals surface area contributed by atoms with Gasteiger partial charge in [0.15, 0.2) is 0 Å². The summed E-state index contributed by atoms with van der Waals surface area (Å²) in [5, 5.41) is 3.25. The van der Waals surface area contributed by atoms with Crippen LogP contribution < -0.4 is 5.32 Å². The first-order chi connectivity index (χ1) is 8.22. The second-order valence-electron chi connectivity index (χ2n) is 4.81. The minimum Gasteiger partial charge on any atom is -0.316 e. The fraction of sp³-hybridized carbons (Fsp3) is 0.571. The van der Waals surface area contributed by atoms with Gasteiger partial charge in [0.25, 0.3) is 0 Å². The Bertz CT molecular complexity index is 378. The molecule has 94 valence electrons. The van der Waals surface area contributed by atoms with Gasteiger partial charge in [0, 0.05) is 12.0 Å². The van der Waals surface area contributed by atoms with Crippen LogP contribution in [0.2, 0.25) is 0 Å². The van der Waals surface area contributed by atoms with E-state index in [9.17, 15) is 8.78 Å². The molecule has 1 nitrogen and oxygen atoms in total. The number of rotatable bonds is 2. The highest BCUT2D eigenvalue weighted by Crippen LogP contribution is 2.33. The number of halogens is 2. The first-order valence-corrected chi connectivity index (χ1v) is 6.34. The van der Waals surface area contributed by atoms with Crippen molar-refractivity contribution < 1.29 is 8.78 Å². The molecule has 0 amide bonds. The standard InChI is InChI=1S/C14H19F2N/c1-17-14-6-4-2-3-5-11(14)12-9-10(15)7-8-13(12)16/h7-9,11,14,17H,2-6H2,1H3. The van der Waals surface area contributed by atoms with E-state index in [4.69, 9.17) is 0 Å². The predicted molar refractivity (Wildman–Crippen MR) is 65.0 cm³/mol. The lowest BCUT2D eigenvalue weighted by molar-refractivity contribution is 0.423. The molecule has 1 fully saturated rings. The molecule has 2 unspecified atom stereocenters. The SMILES string of the molecule is CNC1CCCCCC1c1cc(F)ccc1F. The molecule has 0 saturated heterocycles. The van der Waals surface area contributed by atoms with Crippen molar-refractivity contribution in [2.75, 3.05) is 7.05 Å². The van der Waals surface area contributed by atoms with Gasteiger partial charge < -0.3 is 5.32 Å². The second kappa shape index (κ2) is 5.58. The Labute approximate surface area is 101 Å². The van der Waals surface area contributed by atoms with Gasteiger partial charge in [-0.05, 0) is 43.7 Å². The molecule has 1 aromatic carbocycles. The Kier molecular flexibility index (Phi) is 4.11. The van der Waals surface area contributed by atoms with Gasteiger partial charge in [0.2, 0.25) is 0 Å². The van der Waals surface area contributed by atoms with Crippen LogP contribution in [-0.4, -0.2) is 13.1 Å². The summed E-state index contributed by atoms with van der Waals surface area (Å²) in [5.74, 6) is -0.530. The molecule has 0 aromatic heterocycles. The molecule has 1 aliphatic rings. The highest BCUT2D eigenvalue weighted by Gasteiger charge is 2.26. The highest BCUT2D eigenvalue weighted by atomic mass is 19.1.